The molecule has 1 aromatic carbocycles. The molecule has 2 fully saturated rings. The lowest BCUT2D eigenvalue weighted by molar-refractivity contribution is 0.108. The zero-order valence-electron chi connectivity index (χ0n) is 17.2. The number of aromatic nitrogens is 3. The van der Waals surface area contributed by atoms with Crippen molar-refractivity contribution in [3.8, 4) is 17.3 Å². The number of aliphatic hydroxyl groups excluding tert-OH is 1. The van der Waals surface area contributed by atoms with Crippen molar-refractivity contribution < 1.29 is 17.9 Å². The highest BCUT2D eigenvalue weighted by Crippen LogP contribution is 2.32. The first kappa shape index (κ1) is 22.1. The average Bonchev–Trinajstić information content (AvgIpc) is 3.59. The van der Waals surface area contributed by atoms with Crippen LogP contribution in [0.15, 0.2) is 36.5 Å². The molecule has 1 aliphatic carbocycles. The van der Waals surface area contributed by atoms with Gasteiger partial charge in [-0.1, -0.05) is 12.1 Å². The van der Waals surface area contributed by atoms with Gasteiger partial charge in [0.05, 0.1) is 34.9 Å². The Labute approximate surface area is 185 Å². The predicted molar refractivity (Wildman–Crippen MR) is 116 cm³/mol. The minimum atomic E-state index is -3.05. The topological polar surface area (TPSA) is 138 Å². The van der Waals surface area contributed by atoms with E-state index in [0.29, 0.717) is 29.9 Å². The summed E-state index contributed by atoms with van der Waals surface area (Å²) >= 11 is 0. The Balaban J connectivity index is 0.000000165. The summed E-state index contributed by atoms with van der Waals surface area (Å²) in [6, 6.07) is 10.2. The average molecular weight is 459 g/mol. The van der Waals surface area contributed by atoms with E-state index in [1.807, 2.05) is 6.07 Å². The molecule has 2 aromatic heterocycles. The number of nitrogens with zero attached hydrogens (tertiary/aromatic N) is 5. The molecule has 11 heteroatoms. The molecule has 0 spiro atoms. The third-order valence-corrected chi connectivity index (χ3v) is 7.80. The lowest BCUT2D eigenvalue weighted by Crippen LogP contribution is -2.43. The molecule has 1 saturated heterocycles. The first-order valence-electron chi connectivity index (χ1n) is 10.3. The number of piperidine rings is 1. The van der Waals surface area contributed by atoms with E-state index in [1.165, 1.54) is 21.1 Å². The second-order valence-corrected chi connectivity index (χ2v) is 10.1. The Bertz CT molecular complexity index is 1280. The van der Waals surface area contributed by atoms with Crippen LogP contribution in [-0.4, -0.2) is 56.9 Å². The molecule has 0 amide bonds. The normalized spacial score (nSPS) is 19.2. The fourth-order valence-corrected chi connectivity index (χ4v) is 5.57. The molecule has 3 heterocycles. The van der Waals surface area contributed by atoms with E-state index >= 15 is 0 Å². The molecule has 9 nitrogen and oxygen atoms in total. The van der Waals surface area contributed by atoms with Gasteiger partial charge >= 0.3 is 0 Å². The molecule has 0 radical (unpaired) electrons. The summed E-state index contributed by atoms with van der Waals surface area (Å²) in [5, 5.41) is 22.1. The predicted octanol–water partition coefficient (Wildman–Crippen LogP) is 1.92. The quantitative estimate of drug-likeness (QED) is 0.611. The SMILES string of the molecule is N#Cc1cccc(-c2cc(F)c3cnc(N)nn23)c1.O=S(=O)(C1CC1)N1CCCC(O)C1. The number of hydrogen-bond acceptors (Lipinski definition) is 7. The van der Waals surface area contributed by atoms with Crippen molar-refractivity contribution >= 4 is 21.5 Å². The van der Waals surface area contributed by atoms with Gasteiger partial charge in [0.15, 0.2) is 5.82 Å². The van der Waals surface area contributed by atoms with E-state index in [4.69, 9.17) is 11.0 Å². The van der Waals surface area contributed by atoms with Crippen LogP contribution in [-0.2, 0) is 10.0 Å². The van der Waals surface area contributed by atoms with E-state index in [0.717, 1.165) is 25.7 Å². The number of benzene rings is 1. The lowest BCUT2D eigenvalue weighted by atomic mass is 10.1. The van der Waals surface area contributed by atoms with Crippen molar-refractivity contribution in [3.05, 3.63) is 47.9 Å². The zero-order valence-corrected chi connectivity index (χ0v) is 18.0. The minimum absolute atomic E-state index is 0.0563. The maximum Gasteiger partial charge on any atom is 0.238 e. The third kappa shape index (κ3) is 4.57. The Hall–Kier alpha value is -3.07. The summed E-state index contributed by atoms with van der Waals surface area (Å²) in [6.07, 6.45) is 3.99. The van der Waals surface area contributed by atoms with Gasteiger partial charge in [-0.3, -0.25) is 0 Å². The maximum atomic E-state index is 13.8. The Kier molecular flexibility index (Phi) is 6.10. The monoisotopic (exact) mass is 458 g/mol. The zero-order chi connectivity index (χ0) is 22.9. The molecule has 1 aliphatic heterocycles. The van der Waals surface area contributed by atoms with E-state index in [-0.39, 0.29) is 16.7 Å². The molecular weight excluding hydrogens is 435 g/mol. The molecule has 3 aromatic rings. The van der Waals surface area contributed by atoms with Gasteiger partial charge in [-0.05, 0) is 37.8 Å². The van der Waals surface area contributed by atoms with Crippen LogP contribution in [0.2, 0.25) is 0 Å². The number of nitrogens with two attached hydrogens (primary N) is 1. The smallest absolute Gasteiger partial charge is 0.238 e. The van der Waals surface area contributed by atoms with Crippen molar-refractivity contribution in [3.63, 3.8) is 0 Å². The molecule has 168 valence electrons. The molecular formula is C21H23FN6O3S. The van der Waals surface area contributed by atoms with Crippen LogP contribution in [0.4, 0.5) is 10.3 Å². The number of sulfonamides is 1. The van der Waals surface area contributed by atoms with Crippen LogP contribution in [0.3, 0.4) is 0 Å². The highest BCUT2D eigenvalue weighted by Gasteiger charge is 2.41. The summed E-state index contributed by atoms with van der Waals surface area (Å²) in [7, 11) is -3.05. The number of nitriles is 1. The number of nitrogen functional groups attached to an aromatic ring is 1. The standard InChI is InChI=1S/C13H8FN5.C8H15NO3S/c14-10-5-11(9-3-1-2-8(4-9)6-15)19-12(10)7-17-13(16)18-19;10-7-2-1-5-9(6-7)13(11,12)8-3-4-8/h1-5,7H,(H2,16,18);7-8,10H,1-6H2. The molecule has 1 unspecified atom stereocenters. The van der Waals surface area contributed by atoms with Gasteiger partial charge < -0.3 is 10.8 Å². The first-order chi connectivity index (χ1) is 15.3. The molecule has 1 saturated carbocycles. The molecule has 3 N–H and O–H groups in total. The summed E-state index contributed by atoms with van der Waals surface area (Å²) < 4.78 is 40.1. The molecule has 5 rings (SSSR count). The summed E-state index contributed by atoms with van der Waals surface area (Å²) in [5.74, 6) is -0.377. The third-order valence-electron chi connectivity index (χ3n) is 5.44. The van der Waals surface area contributed by atoms with Crippen LogP contribution in [0.25, 0.3) is 16.8 Å². The van der Waals surface area contributed by atoms with Gasteiger partial charge in [-0.25, -0.2) is 22.3 Å². The van der Waals surface area contributed by atoms with Crippen molar-refractivity contribution in [1.82, 2.24) is 18.9 Å². The number of halogens is 1. The van der Waals surface area contributed by atoms with E-state index < -0.39 is 21.9 Å². The van der Waals surface area contributed by atoms with Crippen LogP contribution in [0.1, 0.15) is 31.2 Å². The van der Waals surface area contributed by atoms with Crippen molar-refractivity contribution in [2.24, 2.45) is 0 Å². The second kappa shape index (κ2) is 8.82. The van der Waals surface area contributed by atoms with E-state index in [9.17, 15) is 17.9 Å². The number of hydrogen-bond donors (Lipinski definition) is 2. The van der Waals surface area contributed by atoms with Crippen molar-refractivity contribution in [2.75, 3.05) is 18.8 Å². The summed E-state index contributed by atoms with van der Waals surface area (Å²) in [4.78, 5) is 3.76. The van der Waals surface area contributed by atoms with Gasteiger partial charge in [-0.15, -0.1) is 5.10 Å². The number of aliphatic hydroxyl groups is 1. The largest absolute Gasteiger partial charge is 0.392 e. The maximum absolute atomic E-state index is 13.8. The molecule has 2 aliphatic rings. The second-order valence-electron chi connectivity index (χ2n) is 7.88. The van der Waals surface area contributed by atoms with Crippen LogP contribution in [0.5, 0.6) is 0 Å². The van der Waals surface area contributed by atoms with Crippen LogP contribution in [0, 0.1) is 17.1 Å². The van der Waals surface area contributed by atoms with Gasteiger partial charge in [-0.2, -0.15) is 9.57 Å². The fraction of sp³-hybridized carbons (Fsp3) is 0.381. The Morgan fingerprint density at radius 1 is 1.25 bits per heavy atom. The van der Waals surface area contributed by atoms with Gasteiger partial charge in [0.1, 0.15) is 5.52 Å². The van der Waals surface area contributed by atoms with Crippen molar-refractivity contribution in [1.29, 1.82) is 5.26 Å². The van der Waals surface area contributed by atoms with Crippen LogP contribution < -0.4 is 5.73 Å². The van der Waals surface area contributed by atoms with Crippen LogP contribution >= 0.6 is 0 Å². The number of β-amino-alcohol motifs (C(OH)–C–C–N with tert-alkyl or cyclic N) is 1. The molecule has 0 bridgehead atoms. The molecule has 1 atom stereocenters. The number of fused-ring (bicyclic) bond motifs is 1. The van der Waals surface area contributed by atoms with E-state index in [2.05, 4.69) is 10.1 Å². The minimum Gasteiger partial charge on any atom is -0.392 e. The van der Waals surface area contributed by atoms with Gasteiger partial charge in [0, 0.05) is 24.7 Å². The summed E-state index contributed by atoms with van der Waals surface area (Å²) in [6.45, 7) is 0.898. The van der Waals surface area contributed by atoms with Gasteiger partial charge in [0.2, 0.25) is 16.0 Å². The number of anilines is 1. The Morgan fingerprint density at radius 2 is 2.03 bits per heavy atom. The molecule has 32 heavy (non-hydrogen) atoms. The van der Waals surface area contributed by atoms with Gasteiger partial charge in [0.25, 0.3) is 0 Å². The van der Waals surface area contributed by atoms with E-state index in [1.54, 1.807) is 24.3 Å². The highest BCUT2D eigenvalue weighted by molar-refractivity contribution is 7.90. The Morgan fingerprint density at radius 3 is 2.72 bits per heavy atom. The number of rotatable bonds is 3. The first-order valence-corrected chi connectivity index (χ1v) is 11.8. The van der Waals surface area contributed by atoms with Crippen molar-refractivity contribution in [2.45, 2.75) is 37.0 Å². The highest BCUT2D eigenvalue weighted by atomic mass is 32.2. The lowest BCUT2D eigenvalue weighted by Gasteiger charge is -2.29. The summed E-state index contributed by atoms with van der Waals surface area (Å²) in [5.41, 5.74) is 7.47. The fourth-order valence-electron chi connectivity index (χ4n) is 3.65.